The van der Waals surface area contributed by atoms with Crippen LogP contribution in [0.3, 0.4) is 0 Å². The summed E-state index contributed by atoms with van der Waals surface area (Å²) in [6, 6.07) is 0.514. The molecule has 1 aliphatic rings. The molecule has 106 valence electrons. The van der Waals surface area contributed by atoms with Gasteiger partial charge in [0.2, 0.25) is 5.91 Å². The predicted octanol–water partition coefficient (Wildman–Crippen LogP) is 1.79. The zero-order valence-corrected chi connectivity index (χ0v) is 12.1. The maximum absolute atomic E-state index is 11.6. The standard InChI is InChI=1S/C14H28N2O2/c1-12(2)16(3)10-9-15-14(17)11-18-13-7-5-4-6-8-13/h12-13H,4-11H2,1-3H3,(H,15,17). The summed E-state index contributed by atoms with van der Waals surface area (Å²) in [5.41, 5.74) is 0. The SMILES string of the molecule is CC(C)N(C)CCNC(=O)COC1CCCCC1. The lowest BCUT2D eigenvalue weighted by Crippen LogP contribution is -2.38. The highest BCUT2D eigenvalue weighted by Crippen LogP contribution is 2.19. The van der Waals surface area contributed by atoms with E-state index in [4.69, 9.17) is 4.74 Å². The summed E-state index contributed by atoms with van der Waals surface area (Å²) in [6.07, 6.45) is 6.33. The topological polar surface area (TPSA) is 41.6 Å². The first-order chi connectivity index (χ1) is 8.59. The molecule has 0 heterocycles. The lowest BCUT2D eigenvalue weighted by atomic mass is 9.98. The van der Waals surface area contributed by atoms with E-state index >= 15 is 0 Å². The van der Waals surface area contributed by atoms with E-state index in [0.717, 1.165) is 19.4 Å². The third-order valence-corrected chi connectivity index (χ3v) is 3.67. The first-order valence-corrected chi connectivity index (χ1v) is 7.18. The number of hydrogen-bond donors (Lipinski definition) is 1. The first kappa shape index (κ1) is 15.4. The smallest absolute Gasteiger partial charge is 0.246 e. The summed E-state index contributed by atoms with van der Waals surface area (Å²) in [6.45, 7) is 6.09. The summed E-state index contributed by atoms with van der Waals surface area (Å²) >= 11 is 0. The van der Waals surface area contributed by atoms with Crippen molar-refractivity contribution in [1.29, 1.82) is 0 Å². The van der Waals surface area contributed by atoms with Crippen LogP contribution in [-0.2, 0) is 9.53 Å². The molecular formula is C14H28N2O2. The Balaban J connectivity index is 2.03. The van der Waals surface area contributed by atoms with Crippen molar-refractivity contribution in [3.05, 3.63) is 0 Å². The van der Waals surface area contributed by atoms with Gasteiger partial charge in [0.25, 0.3) is 0 Å². The molecule has 0 radical (unpaired) electrons. The van der Waals surface area contributed by atoms with Gasteiger partial charge in [-0.1, -0.05) is 19.3 Å². The summed E-state index contributed by atoms with van der Waals surface area (Å²) < 4.78 is 5.62. The second-order valence-electron chi connectivity index (χ2n) is 5.50. The lowest BCUT2D eigenvalue weighted by molar-refractivity contribution is -0.128. The van der Waals surface area contributed by atoms with Crippen molar-refractivity contribution in [3.8, 4) is 0 Å². The van der Waals surface area contributed by atoms with Crippen LogP contribution in [0.5, 0.6) is 0 Å². The lowest BCUT2D eigenvalue weighted by Gasteiger charge is -2.22. The number of nitrogens with zero attached hydrogens (tertiary/aromatic N) is 1. The Hall–Kier alpha value is -0.610. The minimum atomic E-state index is 0.0118. The van der Waals surface area contributed by atoms with Gasteiger partial charge in [-0.2, -0.15) is 0 Å². The van der Waals surface area contributed by atoms with Crippen LogP contribution in [0, 0.1) is 0 Å². The Labute approximate surface area is 111 Å². The van der Waals surface area contributed by atoms with Crippen molar-refractivity contribution >= 4 is 5.91 Å². The Morgan fingerprint density at radius 1 is 1.33 bits per heavy atom. The van der Waals surface area contributed by atoms with E-state index in [9.17, 15) is 4.79 Å². The normalized spacial score (nSPS) is 17.4. The van der Waals surface area contributed by atoms with Crippen LogP contribution in [0.25, 0.3) is 0 Å². The monoisotopic (exact) mass is 256 g/mol. The van der Waals surface area contributed by atoms with E-state index < -0.39 is 0 Å². The molecule has 0 atom stereocenters. The van der Waals surface area contributed by atoms with E-state index in [2.05, 4.69) is 31.1 Å². The Morgan fingerprint density at radius 3 is 2.61 bits per heavy atom. The number of carbonyl (C=O) groups is 1. The molecule has 1 amide bonds. The third kappa shape index (κ3) is 6.36. The Bertz CT molecular complexity index is 238. The largest absolute Gasteiger partial charge is 0.368 e. The number of nitrogens with one attached hydrogen (secondary N) is 1. The maximum Gasteiger partial charge on any atom is 0.246 e. The van der Waals surface area contributed by atoms with Gasteiger partial charge in [0.15, 0.2) is 0 Å². The molecule has 1 fully saturated rings. The zero-order chi connectivity index (χ0) is 13.4. The number of ether oxygens (including phenoxy) is 1. The quantitative estimate of drug-likeness (QED) is 0.755. The minimum absolute atomic E-state index is 0.0118. The van der Waals surface area contributed by atoms with Crippen LogP contribution in [-0.4, -0.2) is 49.7 Å². The summed E-state index contributed by atoms with van der Waals surface area (Å²) in [4.78, 5) is 13.8. The second-order valence-corrected chi connectivity index (χ2v) is 5.50. The van der Waals surface area contributed by atoms with Gasteiger partial charge >= 0.3 is 0 Å². The molecule has 1 aliphatic carbocycles. The van der Waals surface area contributed by atoms with Crippen LogP contribution in [0.15, 0.2) is 0 Å². The molecule has 1 N–H and O–H groups in total. The summed E-state index contributed by atoms with van der Waals surface area (Å²) in [7, 11) is 2.06. The van der Waals surface area contributed by atoms with Gasteiger partial charge in [0.1, 0.15) is 6.61 Å². The van der Waals surface area contributed by atoms with E-state index in [0.29, 0.717) is 18.7 Å². The van der Waals surface area contributed by atoms with E-state index in [1.165, 1.54) is 19.3 Å². The number of hydrogen-bond acceptors (Lipinski definition) is 3. The molecule has 1 rings (SSSR count). The number of rotatable bonds is 7. The molecule has 0 aliphatic heterocycles. The highest BCUT2D eigenvalue weighted by Gasteiger charge is 2.15. The first-order valence-electron chi connectivity index (χ1n) is 7.18. The molecule has 0 spiro atoms. The molecule has 0 unspecified atom stereocenters. The zero-order valence-electron chi connectivity index (χ0n) is 12.1. The van der Waals surface area contributed by atoms with Crippen molar-refractivity contribution in [2.24, 2.45) is 0 Å². The molecule has 0 aromatic carbocycles. The van der Waals surface area contributed by atoms with E-state index in [1.54, 1.807) is 0 Å². The second kappa shape index (κ2) is 8.48. The maximum atomic E-state index is 11.6. The van der Waals surface area contributed by atoms with Gasteiger partial charge in [0, 0.05) is 19.1 Å². The highest BCUT2D eigenvalue weighted by molar-refractivity contribution is 5.77. The summed E-state index contributed by atoms with van der Waals surface area (Å²) in [5, 5.41) is 2.90. The molecule has 0 aromatic heterocycles. The third-order valence-electron chi connectivity index (χ3n) is 3.67. The average Bonchev–Trinajstić information content (AvgIpc) is 2.37. The molecule has 18 heavy (non-hydrogen) atoms. The van der Waals surface area contributed by atoms with Gasteiger partial charge in [-0.05, 0) is 33.7 Å². The van der Waals surface area contributed by atoms with Gasteiger partial charge in [-0.3, -0.25) is 4.79 Å². The van der Waals surface area contributed by atoms with E-state index in [1.807, 2.05) is 0 Å². The van der Waals surface area contributed by atoms with Gasteiger partial charge in [-0.25, -0.2) is 0 Å². The van der Waals surface area contributed by atoms with Crippen molar-refractivity contribution in [2.45, 2.75) is 58.1 Å². The fourth-order valence-electron chi connectivity index (χ4n) is 2.11. The fraction of sp³-hybridized carbons (Fsp3) is 0.929. The van der Waals surface area contributed by atoms with Crippen molar-refractivity contribution in [2.75, 3.05) is 26.7 Å². The molecule has 0 saturated heterocycles. The fourth-order valence-corrected chi connectivity index (χ4v) is 2.11. The summed E-state index contributed by atoms with van der Waals surface area (Å²) in [5.74, 6) is 0.0118. The number of carbonyl (C=O) groups excluding carboxylic acids is 1. The van der Waals surface area contributed by atoms with Crippen molar-refractivity contribution < 1.29 is 9.53 Å². The van der Waals surface area contributed by atoms with Crippen molar-refractivity contribution in [3.63, 3.8) is 0 Å². The molecule has 1 saturated carbocycles. The number of likely N-dealkylation sites (N-methyl/N-ethyl adjacent to an activating group) is 1. The highest BCUT2D eigenvalue weighted by atomic mass is 16.5. The van der Waals surface area contributed by atoms with Gasteiger partial charge < -0.3 is 15.0 Å². The van der Waals surface area contributed by atoms with E-state index in [-0.39, 0.29) is 12.5 Å². The molecule has 4 nitrogen and oxygen atoms in total. The van der Waals surface area contributed by atoms with Crippen LogP contribution in [0.2, 0.25) is 0 Å². The van der Waals surface area contributed by atoms with Crippen LogP contribution >= 0.6 is 0 Å². The average molecular weight is 256 g/mol. The molecule has 0 aromatic rings. The van der Waals surface area contributed by atoms with Crippen LogP contribution < -0.4 is 5.32 Å². The number of amides is 1. The van der Waals surface area contributed by atoms with Crippen molar-refractivity contribution in [1.82, 2.24) is 10.2 Å². The van der Waals surface area contributed by atoms with Gasteiger partial charge in [-0.15, -0.1) is 0 Å². The minimum Gasteiger partial charge on any atom is -0.368 e. The Morgan fingerprint density at radius 2 is 2.00 bits per heavy atom. The predicted molar refractivity (Wildman–Crippen MR) is 73.6 cm³/mol. The Kier molecular flexibility index (Phi) is 7.28. The van der Waals surface area contributed by atoms with Crippen LogP contribution in [0.1, 0.15) is 46.0 Å². The molecular weight excluding hydrogens is 228 g/mol. The van der Waals surface area contributed by atoms with Crippen LogP contribution in [0.4, 0.5) is 0 Å². The van der Waals surface area contributed by atoms with Gasteiger partial charge in [0.05, 0.1) is 6.10 Å². The molecule has 0 bridgehead atoms. The molecule has 4 heteroatoms.